The van der Waals surface area contributed by atoms with Gasteiger partial charge >= 0.3 is 0 Å². The molecular weight excluding hydrogens is 392 g/mol. The number of hydrogen-bond acceptors (Lipinski definition) is 6. The molecule has 0 unspecified atom stereocenters. The summed E-state index contributed by atoms with van der Waals surface area (Å²) in [6.45, 7) is 0.701. The zero-order chi connectivity index (χ0) is 21.2. The zero-order valence-corrected chi connectivity index (χ0v) is 17.1. The monoisotopic (exact) mass is 414 g/mol. The normalized spacial score (nSPS) is 15.9. The van der Waals surface area contributed by atoms with Crippen molar-refractivity contribution in [3.63, 3.8) is 0 Å². The Morgan fingerprint density at radius 3 is 2.94 bits per heavy atom. The van der Waals surface area contributed by atoms with Gasteiger partial charge in [0.1, 0.15) is 11.4 Å². The molecule has 0 aliphatic carbocycles. The average molecular weight is 414 g/mol. The Morgan fingerprint density at radius 2 is 2.10 bits per heavy atom. The van der Waals surface area contributed by atoms with Gasteiger partial charge < -0.3 is 15.0 Å². The van der Waals surface area contributed by atoms with Gasteiger partial charge in [0.25, 0.3) is 5.91 Å². The van der Waals surface area contributed by atoms with Crippen LogP contribution in [0.4, 0.5) is 11.4 Å². The summed E-state index contributed by atoms with van der Waals surface area (Å²) >= 11 is 0. The number of nitrogens with one attached hydrogen (secondary N) is 1. The van der Waals surface area contributed by atoms with Crippen molar-refractivity contribution in [2.24, 2.45) is 0 Å². The van der Waals surface area contributed by atoms with Crippen LogP contribution >= 0.6 is 0 Å². The second-order valence-corrected chi connectivity index (χ2v) is 7.48. The number of carbonyl (C=O) groups is 1. The molecular formula is C23H22N6O2. The number of likely N-dealkylation sites (tertiary alicyclic amines) is 1. The van der Waals surface area contributed by atoms with E-state index in [9.17, 15) is 4.79 Å². The molecule has 1 saturated heterocycles. The van der Waals surface area contributed by atoms with Crippen LogP contribution in [0.1, 0.15) is 34.9 Å². The summed E-state index contributed by atoms with van der Waals surface area (Å²) in [6, 6.07) is 15.2. The van der Waals surface area contributed by atoms with Gasteiger partial charge in [-0.3, -0.25) is 9.78 Å². The Morgan fingerprint density at radius 1 is 1.16 bits per heavy atom. The third-order valence-corrected chi connectivity index (χ3v) is 5.54. The van der Waals surface area contributed by atoms with Crippen molar-refractivity contribution >= 4 is 22.8 Å². The first-order valence-corrected chi connectivity index (χ1v) is 10.2. The lowest BCUT2D eigenvalue weighted by Crippen LogP contribution is -2.30. The van der Waals surface area contributed by atoms with Crippen LogP contribution in [0.25, 0.3) is 5.52 Å². The van der Waals surface area contributed by atoms with E-state index in [-0.39, 0.29) is 11.9 Å². The van der Waals surface area contributed by atoms with Crippen LogP contribution in [0.15, 0.2) is 67.1 Å². The summed E-state index contributed by atoms with van der Waals surface area (Å²) < 4.78 is 7.03. The molecule has 1 aliphatic rings. The second-order valence-electron chi connectivity index (χ2n) is 7.48. The summed E-state index contributed by atoms with van der Waals surface area (Å²) in [5.41, 5.74) is 4.11. The van der Waals surface area contributed by atoms with E-state index in [0.29, 0.717) is 12.1 Å². The highest BCUT2D eigenvalue weighted by Gasteiger charge is 2.33. The van der Waals surface area contributed by atoms with Gasteiger partial charge in [0.15, 0.2) is 0 Å². The number of ether oxygens (including phenoxy) is 1. The summed E-state index contributed by atoms with van der Waals surface area (Å²) in [5, 5.41) is 12.1. The fourth-order valence-corrected chi connectivity index (χ4v) is 4.04. The van der Waals surface area contributed by atoms with Crippen molar-refractivity contribution in [1.82, 2.24) is 24.7 Å². The maximum atomic E-state index is 13.0. The minimum atomic E-state index is -0.0950. The highest BCUT2D eigenvalue weighted by Crippen LogP contribution is 2.34. The SMILES string of the molecule is COc1cccc(Nc2ccc3c([C@H]4CCCN4C(=O)c4cccnc4)nnn3c2)c1. The molecule has 0 saturated carbocycles. The first-order valence-electron chi connectivity index (χ1n) is 10.2. The number of nitrogens with zero attached hydrogens (tertiary/aromatic N) is 5. The minimum Gasteiger partial charge on any atom is -0.497 e. The highest BCUT2D eigenvalue weighted by molar-refractivity contribution is 5.94. The number of aromatic nitrogens is 4. The van der Waals surface area contributed by atoms with E-state index in [1.165, 1.54) is 0 Å². The number of fused-ring (bicyclic) bond motifs is 1. The van der Waals surface area contributed by atoms with Crippen molar-refractivity contribution in [3.05, 3.63) is 78.4 Å². The van der Waals surface area contributed by atoms with Gasteiger partial charge in [-0.15, -0.1) is 5.10 Å². The van der Waals surface area contributed by atoms with E-state index >= 15 is 0 Å². The van der Waals surface area contributed by atoms with Crippen LogP contribution in [-0.4, -0.2) is 44.3 Å². The molecule has 156 valence electrons. The number of pyridine rings is 2. The van der Waals surface area contributed by atoms with Gasteiger partial charge in [-0.2, -0.15) is 0 Å². The molecule has 1 aromatic carbocycles. The van der Waals surface area contributed by atoms with E-state index < -0.39 is 0 Å². The van der Waals surface area contributed by atoms with E-state index in [1.807, 2.05) is 47.5 Å². The molecule has 0 radical (unpaired) electrons. The average Bonchev–Trinajstić information content (AvgIpc) is 3.46. The number of rotatable bonds is 5. The van der Waals surface area contributed by atoms with Crippen LogP contribution in [-0.2, 0) is 0 Å². The van der Waals surface area contributed by atoms with Crippen molar-refractivity contribution in [3.8, 4) is 5.75 Å². The van der Waals surface area contributed by atoms with Crippen LogP contribution in [0, 0.1) is 0 Å². The molecule has 1 aliphatic heterocycles. The predicted molar refractivity (Wildman–Crippen MR) is 117 cm³/mol. The van der Waals surface area contributed by atoms with Gasteiger partial charge in [-0.1, -0.05) is 11.3 Å². The number of methoxy groups -OCH3 is 1. The summed E-state index contributed by atoms with van der Waals surface area (Å²) in [7, 11) is 1.65. The van der Waals surface area contributed by atoms with Crippen LogP contribution in [0.2, 0.25) is 0 Å². The van der Waals surface area contributed by atoms with E-state index in [0.717, 1.165) is 41.2 Å². The lowest BCUT2D eigenvalue weighted by molar-refractivity contribution is 0.0733. The smallest absolute Gasteiger partial charge is 0.255 e. The molecule has 4 heterocycles. The molecule has 1 N–H and O–H groups in total. The van der Waals surface area contributed by atoms with Crippen molar-refractivity contribution < 1.29 is 9.53 Å². The Balaban J connectivity index is 1.41. The molecule has 8 heteroatoms. The van der Waals surface area contributed by atoms with Gasteiger partial charge in [-0.05, 0) is 49.2 Å². The Hall–Kier alpha value is -3.94. The molecule has 1 fully saturated rings. The molecule has 3 aromatic heterocycles. The first-order chi connectivity index (χ1) is 15.2. The number of carbonyl (C=O) groups excluding carboxylic acids is 1. The minimum absolute atomic E-state index is 0.0203. The lowest BCUT2D eigenvalue weighted by Gasteiger charge is -2.23. The van der Waals surface area contributed by atoms with Gasteiger partial charge in [0.2, 0.25) is 0 Å². The summed E-state index contributed by atoms with van der Waals surface area (Å²) in [4.78, 5) is 19.0. The number of hydrogen-bond donors (Lipinski definition) is 1. The largest absolute Gasteiger partial charge is 0.497 e. The fourth-order valence-electron chi connectivity index (χ4n) is 4.04. The van der Waals surface area contributed by atoms with Crippen LogP contribution in [0.3, 0.4) is 0 Å². The lowest BCUT2D eigenvalue weighted by atomic mass is 10.1. The molecule has 31 heavy (non-hydrogen) atoms. The summed E-state index contributed by atoms with van der Waals surface area (Å²) in [6.07, 6.45) is 6.98. The topological polar surface area (TPSA) is 84.6 Å². The standard InChI is InChI=1S/C23H22N6O2/c1-31-19-7-2-6-17(13-19)25-18-9-10-21-22(26-27-29(21)15-18)20-8-4-12-28(20)23(30)16-5-3-11-24-14-16/h2-3,5-7,9-11,13-15,20,25H,4,8,12H2,1H3/t20-/m1/s1. The first kappa shape index (κ1) is 19.0. The molecule has 4 aromatic rings. The molecule has 1 amide bonds. The highest BCUT2D eigenvalue weighted by atomic mass is 16.5. The second kappa shape index (κ2) is 8.06. The van der Waals surface area contributed by atoms with Crippen molar-refractivity contribution in [2.75, 3.05) is 19.0 Å². The Kier molecular flexibility index (Phi) is 4.95. The van der Waals surface area contributed by atoms with E-state index in [1.54, 1.807) is 36.2 Å². The van der Waals surface area contributed by atoms with Crippen molar-refractivity contribution in [2.45, 2.75) is 18.9 Å². The molecule has 5 rings (SSSR count). The quantitative estimate of drug-likeness (QED) is 0.534. The molecule has 0 spiro atoms. The van der Waals surface area contributed by atoms with E-state index in [2.05, 4.69) is 20.6 Å². The van der Waals surface area contributed by atoms with Gasteiger partial charge in [0.05, 0.1) is 36.1 Å². The molecule has 8 nitrogen and oxygen atoms in total. The number of amides is 1. The number of anilines is 2. The maximum absolute atomic E-state index is 13.0. The zero-order valence-electron chi connectivity index (χ0n) is 17.1. The fraction of sp³-hybridized carbons (Fsp3) is 0.217. The van der Waals surface area contributed by atoms with Crippen LogP contribution < -0.4 is 10.1 Å². The van der Waals surface area contributed by atoms with Gasteiger partial charge in [0, 0.05) is 30.7 Å². The predicted octanol–water partition coefficient (Wildman–Crippen LogP) is 3.85. The Labute approximate surface area is 179 Å². The van der Waals surface area contributed by atoms with E-state index in [4.69, 9.17) is 4.74 Å². The third-order valence-electron chi connectivity index (χ3n) is 5.54. The summed E-state index contributed by atoms with van der Waals surface area (Å²) in [5.74, 6) is 0.766. The maximum Gasteiger partial charge on any atom is 0.255 e. The van der Waals surface area contributed by atoms with Gasteiger partial charge in [-0.25, -0.2) is 4.52 Å². The molecule has 1 atom stereocenters. The number of benzene rings is 1. The Bertz CT molecular complexity index is 1220. The molecule has 0 bridgehead atoms. The third kappa shape index (κ3) is 3.68. The van der Waals surface area contributed by atoms with Crippen molar-refractivity contribution in [1.29, 1.82) is 0 Å². The van der Waals surface area contributed by atoms with Crippen LogP contribution in [0.5, 0.6) is 5.75 Å².